The van der Waals surface area contributed by atoms with Crippen LogP contribution in [0.1, 0.15) is 26.2 Å². The molecule has 15 heteroatoms. The minimum Gasteiger partial charge on any atom is -0.356 e. The molecule has 1 aliphatic heterocycles. The number of aromatic nitrogens is 5. The molecule has 1 saturated heterocycles. The van der Waals surface area contributed by atoms with E-state index < -0.39 is 31.6 Å². The van der Waals surface area contributed by atoms with Gasteiger partial charge in [0.15, 0.2) is 27.3 Å². The van der Waals surface area contributed by atoms with E-state index in [0.29, 0.717) is 30.3 Å². The average molecular weight is 612 g/mol. The molecule has 2 aliphatic rings. The number of sulfone groups is 1. The molecule has 1 aliphatic carbocycles. The van der Waals surface area contributed by atoms with Crippen molar-refractivity contribution in [2.45, 2.75) is 42.4 Å². The van der Waals surface area contributed by atoms with Crippen LogP contribution in [-0.4, -0.2) is 93.6 Å². The second-order valence-electron chi connectivity index (χ2n) is 10.8. The first-order valence-corrected chi connectivity index (χ1v) is 15.6. The van der Waals surface area contributed by atoms with Gasteiger partial charge in [0.1, 0.15) is 28.0 Å². The van der Waals surface area contributed by atoms with Gasteiger partial charge in [-0.05, 0) is 38.4 Å². The van der Waals surface area contributed by atoms with Gasteiger partial charge in [-0.2, -0.15) is 0 Å². The quantitative estimate of drug-likeness (QED) is 0.257. The molecule has 1 atom stereocenters. The summed E-state index contributed by atoms with van der Waals surface area (Å²) in [4.78, 5) is 37.0. The Bertz CT molecular complexity index is 1790. The zero-order chi connectivity index (χ0) is 30.3. The second kappa shape index (κ2) is 11.5. The predicted octanol–water partition coefficient (Wildman–Crippen LogP) is 3.34. The first-order valence-electron chi connectivity index (χ1n) is 14.0. The molecule has 0 spiro atoms. The Hall–Kier alpha value is -4.08. The van der Waals surface area contributed by atoms with E-state index in [1.807, 2.05) is 6.92 Å². The van der Waals surface area contributed by atoms with Crippen LogP contribution in [0.25, 0.3) is 22.3 Å². The SMILES string of the molecule is CCC(C(=O)Nc1ncnc2c(-c3nc(Nc4cccc(S(=O)(=O)C5CC5)c4F)ncc3F)c[nH]c12)N1CCN(C)CC1. The number of hydrogen-bond acceptors (Lipinski definition) is 10. The van der Waals surface area contributed by atoms with Crippen molar-refractivity contribution in [3.05, 3.63) is 48.6 Å². The monoisotopic (exact) mass is 611 g/mol. The molecule has 3 aromatic heterocycles. The Labute approximate surface area is 246 Å². The Morgan fingerprint density at radius 2 is 1.91 bits per heavy atom. The highest BCUT2D eigenvalue weighted by Crippen LogP contribution is 2.37. The Kier molecular flexibility index (Phi) is 7.79. The summed E-state index contributed by atoms with van der Waals surface area (Å²) in [7, 11) is -1.73. The number of piperazine rings is 1. The Balaban J connectivity index is 1.27. The smallest absolute Gasteiger partial charge is 0.242 e. The molecular formula is C28H31F2N9O3S. The number of rotatable bonds is 9. The lowest BCUT2D eigenvalue weighted by Gasteiger charge is -2.36. The van der Waals surface area contributed by atoms with Crippen molar-refractivity contribution < 1.29 is 22.0 Å². The molecule has 0 bridgehead atoms. The van der Waals surface area contributed by atoms with E-state index >= 15 is 8.78 Å². The molecule has 0 radical (unpaired) electrons. The van der Waals surface area contributed by atoms with Crippen LogP contribution in [0.5, 0.6) is 0 Å². The molecule has 43 heavy (non-hydrogen) atoms. The van der Waals surface area contributed by atoms with E-state index in [2.05, 4.69) is 52.4 Å². The zero-order valence-corrected chi connectivity index (χ0v) is 24.5. The van der Waals surface area contributed by atoms with Crippen molar-refractivity contribution in [2.75, 3.05) is 43.9 Å². The first-order chi connectivity index (χ1) is 20.7. The van der Waals surface area contributed by atoms with E-state index in [1.165, 1.54) is 30.7 Å². The number of nitrogens with zero attached hydrogens (tertiary/aromatic N) is 6. The third-order valence-corrected chi connectivity index (χ3v) is 10.1. The number of nitrogens with one attached hydrogen (secondary N) is 3. The number of anilines is 3. The molecule has 2 fully saturated rings. The summed E-state index contributed by atoms with van der Waals surface area (Å²) in [5.41, 5.74) is 0.676. The summed E-state index contributed by atoms with van der Waals surface area (Å²) in [5, 5.41) is 4.99. The van der Waals surface area contributed by atoms with Crippen LogP contribution in [0.15, 0.2) is 41.8 Å². The summed E-state index contributed by atoms with van der Waals surface area (Å²) >= 11 is 0. The number of carbonyl (C=O) groups excluding carboxylic acids is 1. The molecule has 3 N–H and O–H groups in total. The fourth-order valence-electron chi connectivity index (χ4n) is 5.28. The van der Waals surface area contributed by atoms with Crippen LogP contribution in [0.2, 0.25) is 0 Å². The number of benzene rings is 1. The minimum atomic E-state index is -3.78. The zero-order valence-electron chi connectivity index (χ0n) is 23.6. The van der Waals surface area contributed by atoms with Crippen molar-refractivity contribution in [1.82, 2.24) is 34.7 Å². The minimum absolute atomic E-state index is 0.134. The first kappa shape index (κ1) is 29.0. The van der Waals surface area contributed by atoms with Gasteiger partial charge in [-0.15, -0.1) is 0 Å². The summed E-state index contributed by atoms with van der Waals surface area (Å²) in [6.07, 6.45) is 5.31. The van der Waals surface area contributed by atoms with Crippen molar-refractivity contribution in [3.8, 4) is 11.3 Å². The maximum atomic E-state index is 15.2. The lowest BCUT2D eigenvalue weighted by Crippen LogP contribution is -2.52. The number of carbonyl (C=O) groups is 1. The van der Waals surface area contributed by atoms with Gasteiger partial charge in [0.05, 0.1) is 23.2 Å². The number of halogens is 2. The molecule has 4 heterocycles. The maximum Gasteiger partial charge on any atom is 0.242 e. The van der Waals surface area contributed by atoms with Gasteiger partial charge in [-0.1, -0.05) is 13.0 Å². The van der Waals surface area contributed by atoms with Crippen molar-refractivity contribution >= 4 is 44.2 Å². The third kappa shape index (κ3) is 5.67. The topological polar surface area (TPSA) is 149 Å². The summed E-state index contributed by atoms with van der Waals surface area (Å²) in [6, 6.07) is 3.66. The van der Waals surface area contributed by atoms with E-state index in [4.69, 9.17) is 0 Å². The number of hydrogen-bond donors (Lipinski definition) is 3. The van der Waals surface area contributed by atoms with Crippen LogP contribution >= 0.6 is 0 Å². The molecule has 12 nitrogen and oxygen atoms in total. The van der Waals surface area contributed by atoms with Crippen LogP contribution in [0, 0.1) is 11.6 Å². The van der Waals surface area contributed by atoms with Gasteiger partial charge in [0.2, 0.25) is 11.9 Å². The fraction of sp³-hybridized carbons (Fsp3) is 0.393. The summed E-state index contributed by atoms with van der Waals surface area (Å²) in [6.45, 7) is 5.27. The highest BCUT2D eigenvalue weighted by Gasteiger charge is 2.39. The molecule has 1 aromatic carbocycles. The maximum absolute atomic E-state index is 15.2. The largest absolute Gasteiger partial charge is 0.356 e. The standard InChI is InChI=1S/C28H31F2N9O3S/c1-3-20(39-11-9-38(2)10-12-39)27(40)37-26-25-24(33-15-34-26)17(13-31-25)23-18(29)14-32-28(36-23)35-19-5-4-6-21(22(19)30)43(41,42)16-7-8-16/h4-6,13-16,20,31H,3,7-12H2,1-2H3,(H,32,35,36)(H,33,34,37,40). The molecule has 226 valence electrons. The van der Waals surface area contributed by atoms with E-state index in [1.54, 1.807) is 0 Å². The molecule has 1 saturated carbocycles. The summed E-state index contributed by atoms with van der Waals surface area (Å²) in [5.74, 6) is -1.81. The molecule has 6 rings (SSSR count). The fourth-order valence-corrected chi connectivity index (χ4v) is 7.02. The van der Waals surface area contributed by atoms with Gasteiger partial charge in [-0.3, -0.25) is 9.69 Å². The van der Waals surface area contributed by atoms with Crippen LogP contribution in [-0.2, 0) is 14.6 Å². The molecule has 1 amide bonds. The average Bonchev–Trinajstić information content (AvgIpc) is 3.77. The van der Waals surface area contributed by atoms with Gasteiger partial charge in [0.25, 0.3) is 0 Å². The van der Waals surface area contributed by atoms with Crippen LogP contribution in [0.3, 0.4) is 0 Å². The molecular weight excluding hydrogens is 580 g/mol. The molecule has 4 aromatic rings. The van der Waals surface area contributed by atoms with Crippen LogP contribution in [0.4, 0.5) is 26.2 Å². The Morgan fingerprint density at radius 1 is 1.14 bits per heavy atom. The number of aromatic amines is 1. The predicted molar refractivity (Wildman–Crippen MR) is 157 cm³/mol. The van der Waals surface area contributed by atoms with Crippen LogP contribution < -0.4 is 10.6 Å². The van der Waals surface area contributed by atoms with Crippen molar-refractivity contribution in [3.63, 3.8) is 0 Å². The van der Waals surface area contributed by atoms with Gasteiger partial charge in [-0.25, -0.2) is 37.1 Å². The number of fused-ring (bicyclic) bond motifs is 1. The molecule has 1 unspecified atom stereocenters. The lowest BCUT2D eigenvalue weighted by molar-refractivity contribution is -0.122. The van der Waals surface area contributed by atoms with E-state index in [-0.39, 0.29) is 40.7 Å². The highest BCUT2D eigenvalue weighted by atomic mass is 32.2. The van der Waals surface area contributed by atoms with Crippen molar-refractivity contribution in [2.24, 2.45) is 0 Å². The van der Waals surface area contributed by atoms with Crippen molar-refractivity contribution in [1.29, 1.82) is 0 Å². The van der Waals surface area contributed by atoms with Gasteiger partial charge >= 0.3 is 0 Å². The highest BCUT2D eigenvalue weighted by molar-refractivity contribution is 7.92. The van der Waals surface area contributed by atoms with E-state index in [9.17, 15) is 13.2 Å². The number of H-pyrrole nitrogens is 1. The lowest BCUT2D eigenvalue weighted by atomic mass is 10.1. The normalized spacial score (nSPS) is 17.2. The Morgan fingerprint density at radius 3 is 2.63 bits per heavy atom. The number of likely N-dealkylation sites (N-methyl/N-ethyl adjacent to an activating group) is 1. The number of amides is 1. The van der Waals surface area contributed by atoms with Gasteiger partial charge in [0, 0.05) is 37.9 Å². The van der Waals surface area contributed by atoms with Gasteiger partial charge < -0.3 is 20.5 Å². The second-order valence-corrected chi connectivity index (χ2v) is 13.0. The third-order valence-electron chi connectivity index (χ3n) is 7.85. The summed E-state index contributed by atoms with van der Waals surface area (Å²) < 4.78 is 55.6. The van der Waals surface area contributed by atoms with E-state index in [0.717, 1.165) is 32.4 Å².